The minimum Gasteiger partial charge on any atom is -0.273 e. The lowest BCUT2D eigenvalue weighted by atomic mass is 10.4. The minimum absolute atomic E-state index is 0.0900. The second kappa shape index (κ2) is 8.11. The standard InChI is InChI=1S/C14H12BrClN2O4S2/c15-12-6-5-11(23-12)14(20)18-17-13(19)7-8-24(21,22)10-3-1-9(16)2-4-10/h1-6H,7-8H2,(H,17,19)(H,18,20). The summed E-state index contributed by atoms with van der Waals surface area (Å²) in [6.45, 7) is 0. The highest BCUT2D eigenvalue weighted by molar-refractivity contribution is 9.11. The van der Waals surface area contributed by atoms with Gasteiger partial charge in [0.2, 0.25) is 5.91 Å². The lowest BCUT2D eigenvalue weighted by Gasteiger charge is -2.07. The van der Waals surface area contributed by atoms with Gasteiger partial charge in [0.15, 0.2) is 9.84 Å². The van der Waals surface area contributed by atoms with Crippen LogP contribution in [0.2, 0.25) is 5.02 Å². The molecule has 2 aromatic rings. The molecule has 0 aliphatic rings. The van der Waals surface area contributed by atoms with E-state index >= 15 is 0 Å². The van der Waals surface area contributed by atoms with E-state index in [4.69, 9.17) is 11.6 Å². The zero-order valence-corrected chi connectivity index (χ0v) is 16.1. The Labute approximate surface area is 156 Å². The van der Waals surface area contributed by atoms with Crippen molar-refractivity contribution in [2.45, 2.75) is 11.3 Å². The van der Waals surface area contributed by atoms with E-state index in [1.165, 1.54) is 35.6 Å². The molecule has 2 N–H and O–H groups in total. The van der Waals surface area contributed by atoms with E-state index in [-0.39, 0.29) is 17.1 Å². The molecule has 0 saturated heterocycles. The molecular formula is C14H12BrClN2O4S2. The number of thiophene rings is 1. The van der Waals surface area contributed by atoms with Gasteiger partial charge < -0.3 is 0 Å². The van der Waals surface area contributed by atoms with Gasteiger partial charge in [0.25, 0.3) is 5.91 Å². The maximum Gasteiger partial charge on any atom is 0.279 e. The van der Waals surface area contributed by atoms with Gasteiger partial charge in [-0.2, -0.15) is 0 Å². The van der Waals surface area contributed by atoms with Gasteiger partial charge in [-0.15, -0.1) is 11.3 Å². The monoisotopic (exact) mass is 450 g/mol. The number of carbonyl (C=O) groups excluding carboxylic acids is 2. The molecule has 0 radical (unpaired) electrons. The van der Waals surface area contributed by atoms with Crippen LogP contribution >= 0.6 is 38.9 Å². The third-order valence-corrected chi connectivity index (χ3v) is 6.49. The molecule has 2 amide bonds. The van der Waals surface area contributed by atoms with Gasteiger partial charge in [-0.1, -0.05) is 11.6 Å². The molecule has 6 nitrogen and oxygen atoms in total. The predicted octanol–water partition coefficient (Wildman–Crippen LogP) is 2.79. The molecule has 10 heteroatoms. The van der Waals surface area contributed by atoms with Crippen LogP contribution < -0.4 is 10.9 Å². The molecule has 0 bridgehead atoms. The average Bonchev–Trinajstić information content (AvgIpc) is 2.98. The molecule has 0 atom stereocenters. The molecule has 0 aliphatic carbocycles. The summed E-state index contributed by atoms with van der Waals surface area (Å²) < 4.78 is 25.0. The quantitative estimate of drug-likeness (QED) is 0.684. The van der Waals surface area contributed by atoms with E-state index in [1.54, 1.807) is 12.1 Å². The van der Waals surface area contributed by atoms with Gasteiger partial charge in [-0.25, -0.2) is 8.42 Å². The molecule has 0 unspecified atom stereocenters. The van der Waals surface area contributed by atoms with Crippen molar-refractivity contribution < 1.29 is 18.0 Å². The number of hydrogen-bond acceptors (Lipinski definition) is 5. The Kier molecular flexibility index (Phi) is 6.39. The summed E-state index contributed by atoms with van der Waals surface area (Å²) >= 11 is 10.2. The summed E-state index contributed by atoms with van der Waals surface area (Å²) in [5.41, 5.74) is 4.43. The van der Waals surface area contributed by atoms with Gasteiger partial charge >= 0.3 is 0 Å². The van der Waals surface area contributed by atoms with Crippen molar-refractivity contribution in [3.05, 3.63) is 50.1 Å². The Morgan fingerprint density at radius 1 is 1.08 bits per heavy atom. The normalized spacial score (nSPS) is 11.1. The van der Waals surface area contributed by atoms with Gasteiger partial charge in [0.05, 0.1) is 19.3 Å². The first-order chi connectivity index (χ1) is 11.3. The van der Waals surface area contributed by atoms with Crippen LogP contribution in [0.4, 0.5) is 0 Å². The Morgan fingerprint density at radius 3 is 2.33 bits per heavy atom. The molecule has 2 rings (SSSR count). The average molecular weight is 452 g/mol. The number of benzene rings is 1. The summed E-state index contributed by atoms with van der Waals surface area (Å²) in [6, 6.07) is 9.00. The van der Waals surface area contributed by atoms with E-state index in [0.29, 0.717) is 9.90 Å². The zero-order chi connectivity index (χ0) is 17.7. The maximum atomic E-state index is 12.1. The Balaban J connectivity index is 1.84. The van der Waals surface area contributed by atoms with Crippen molar-refractivity contribution in [2.75, 3.05) is 5.75 Å². The Bertz CT molecular complexity index is 850. The predicted molar refractivity (Wildman–Crippen MR) is 95.7 cm³/mol. The summed E-state index contributed by atoms with van der Waals surface area (Å²) in [7, 11) is -3.60. The van der Waals surface area contributed by atoms with Crippen LogP contribution in [0.3, 0.4) is 0 Å². The van der Waals surface area contributed by atoms with Crippen molar-refractivity contribution in [3.8, 4) is 0 Å². The first kappa shape index (κ1) is 18.9. The molecule has 0 spiro atoms. The lowest BCUT2D eigenvalue weighted by Crippen LogP contribution is -2.41. The number of rotatable bonds is 5. The molecule has 0 fully saturated rings. The summed E-state index contributed by atoms with van der Waals surface area (Å²) in [5.74, 6) is -1.45. The summed E-state index contributed by atoms with van der Waals surface area (Å²) in [5, 5.41) is 0.426. The van der Waals surface area contributed by atoms with E-state index in [1.807, 2.05) is 0 Å². The highest BCUT2D eigenvalue weighted by Crippen LogP contribution is 2.21. The fourth-order valence-corrected chi connectivity index (χ4v) is 4.32. The molecule has 1 heterocycles. The fraction of sp³-hybridized carbons (Fsp3) is 0.143. The number of halogens is 2. The van der Waals surface area contributed by atoms with Gasteiger partial charge in [-0.3, -0.25) is 20.4 Å². The minimum atomic E-state index is -3.60. The van der Waals surface area contributed by atoms with Crippen LogP contribution in [0.5, 0.6) is 0 Å². The largest absolute Gasteiger partial charge is 0.279 e. The third-order valence-electron chi connectivity index (χ3n) is 2.88. The van der Waals surface area contributed by atoms with Crippen molar-refractivity contribution >= 4 is 60.5 Å². The number of hydrogen-bond donors (Lipinski definition) is 2. The fourth-order valence-electron chi connectivity index (χ4n) is 1.67. The van der Waals surface area contributed by atoms with Crippen LogP contribution in [0.15, 0.2) is 45.1 Å². The van der Waals surface area contributed by atoms with E-state index < -0.39 is 21.7 Å². The molecule has 128 valence electrons. The molecule has 0 aliphatic heterocycles. The van der Waals surface area contributed by atoms with Crippen molar-refractivity contribution in [1.29, 1.82) is 0 Å². The molecular weight excluding hydrogens is 440 g/mol. The first-order valence-electron chi connectivity index (χ1n) is 6.61. The van der Waals surface area contributed by atoms with Crippen molar-refractivity contribution in [3.63, 3.8) is 0 Å². The zero-order valence-electron chi connectivity index (χ0n) is 12.1. The topological polar surface area (TPSA) is 92.3 Å². The summed E-state index contributed by atoms with van der Waals surface area (Å²) in [4.78, 5) is 24.0. The van der Waals surface area contributed by atoms with Crippen LogP contribution in [-0.2, 0) is 14.6 Å². The molecule has 1 aromatic heterocycles. The second-order valence-electron chi connectivity index (χ2n) is 4.63. The maximum absolute atomic E-state index is 12.1. The number of hydrazine groups is 1. The van der Waals surface area contributed by atoms with E-state index in [2.05, 4.69) is 26.8 Å². The van der Waals surface area contributed by atoms with E-state index in [9.17, 15) is 18.0 Å². The second-order valence-corrected chi connectivity index (χ2v) is 9.64. The van der Waals surface area contributed by atoms with Gasteiger partial charge in [0, 0.05) is 11.4 Å². The Hall–Kier alpha value is -1.42. The van der Waals surface area contributed by atoms with Crippen LogP contribution in [0.1, 0.15) is 16.1 Å². The van der Waals surface area contributed by atoms with Crippen molar-refractivity contribution in [1.82, 2.24) is 10.9 Å². The molecule has 0 saturated carbocycles. The van der Waals surface area contributed by atoms with Crippen LogP contribution in [0, 0.1) is 0 Å². The first-order valence-corrected chi connectivity index (χ1v) is 10.2. The van der Waals surface area contributed by atoms with Crippen molar-refractivity contribution in [2.24, 2.45) is 0 Å². The smallest absolute Gasteiger partial charge is 0.273 e. The Morgan fingerprint density at radius 2 is 1.75 bits per heavy atom. The third kappa shape index (κ3) is 5.30. The highest BCUT2D eigenvalue weighted by atomic mass is 79.9. The van der Waals surface area contributed by atoms with Crippen LogP contribution in [0.25, 0.3) is 0 Å². The summed E-state index contributed by atoms with van der Waals surface area (Å²) in [6.07, 6.45) is -0.278. The lowest BCUT2D eigenvalue weighted by molar-refractivity contribution is -0.121. The number of carbonyl (C=O) groups is 2. The van der Waals surface area contributed by atoms with Gasteiger partial charge in [-0.05, 0) is 52.3 Å². The SMILES string of the molecule is O=C(CCS(=O)(=O)c1ccc(Cl)cc1)NNC(=O)c1ccc(Br)s1. The highest BCUT2D eigenvalue weighted by Gasteiger charge is 2.17. The van der Waals surface area contributed by atoms with Crippen LogP contribution in [-0.4, -0.2) is 26.0 Å². The van der Waals surface area contributed by atoms with E-state index in [0.717, 1.165) is 3.79 Å². The van der Waals surface area contributed by atoms with Gasteiger partial charge in [0.1, 0.15) is 0 Å². The number of amides is 2. The molecule has 24 heavy (non-hydrogen) atoms. The number of nitrogens with one attached hydrogen (secondary N) is 2. The molecule has 1 aromatic carbocycles. The number of sulfone groups is 1.